The molecule has 0 bridgehead atoms. The molecule has 1 aliphatic rings. The molecule has 3 heteroatoms. The van der Waals surface area contributed by atoms with E-state index in [0.29, 0.717) is 5.56 Å². The van der Waals surface area contributed by atoms with Crippen LogP contribution in [0.2, 0.25) is 0 Å². The van der Waals surface area contributed by atoms with Gasteiger partial charge < -0.3 is 10.3 Å². The van der Waals surface area contributed by atoms with Crippen LogP contribution in [0.4, 0.5) is 0 Å². The van der Waals surface area contributed by atoms with Crippen LogP contribution in [0.25, 0.3) is 0 Å². The first-order chi connectivity index (χ1) is 10.1. The van der Waals surface area contributed by atoms with E-state index in [0.717, 1.165) is 18.4 Å². The lowest BCUT2D eigenvalue weighted by Crippen LogP contribution is -2.31. The molecule has 1 atom stereocenters. The Balaban J connectivity index is 2.08. The van der Waals surface area contributed by atoms with E-state index < -0.39 is 0 Å². The van der Waals surface area contributed by atoms with Gasteiger partial charge in [-0.3, -0.25) is 4.79 Å². The summed E-state index contributed by atoms with van der Waals surface area (Å²) in [6.07, 6.45) is 4.42. The Morgan fingerprint density at radius 1 is 1.14 bits per heavy atom. The zero-order chi connectivity index (χ0) is 15.0. The van der Waals surface area contributed by atoms with Crippen molar-refractivity contribution in [1.82, 2.24) is 4.57 Å². The van der Waals surface area contributed by atoms with E-state index in [1.54, 1.807) is 4.57 Å². The van der Waals surface area contributed by atoms with Gasteiger partial charge in [-0.1, -0.05) is 29.8 Å². The molecule has 0 aliphatic heterocycles. The van der Waals surface area contributed by atoms with Crippen molar-refractivity contribution < 1.29 is 0 Å². The van der Waals surface area contributed by atoms with Crippen LogP contribution in [-0.4, -0.2) is 4.57 Å². The topological polar surface area (TPSA) is 48.0 Å². The highest BCUT2D eigenvalue weighted by molar-refractivity contribution is 5.36. The maximum Gasteiger partial charge on any atom is 0.255 e. The zero-order valence-electron chi connectivity index (χ0n) is 12.7. The fraction of sp³-hybridized carbons (Fsp3) is 0.389. The summed E-state index contributed by atoms with van der Waals surface area (Å²) in [6, 6.07) is 9.80. The van der Waals surface area contributed by atoms with Crippen molar-refractivity contribution in [1.29, 1.82) is 0 Å². The maximum absolute atomic E-state index is 12.6. The Morgan fingerprint density at radius 3 is 2.52 bits per heavy atom. The Labute approximate surface area is 125 Å². The Hall–Kier alpha value is -1.87. The molecular weight excluding hydrogens is 260 g/mol. The number of aromatic nitrogens is 1. The van der Waals surface area contributed by atoms with Crippen LogP contribution in [0.5, 0.6) is 0 Å². The highest BCUT2D eigenvalue weighted by Crippen LogP contribution is 2.24. The number of pyridine rings is 1. The summed E-state index contributed by atoms with van der Waals surface area (Å²) in [4.78, 5) is 12.6. The van der Waals surface area contributed by atoms with Crippen molar-refractivity contribution in [2.75, 3.05) is 0 Å². The van der Waals surface area contributed by atoms with Gasteiger partial charge in [0.05, 0.1) is 6.04 Å². The molecule has 0 fully saturated rings. The molecule has 21 heavy (non-hydrogen) atoms. The molecule has 1 aromatic heterocycles. The van der Waals surface area contributed by atoms with Crippen molar-refractivity contribution in [2.24, 2.45) is 12.8 Å². The van der Waals surface area contributed by atoms with Gasteiger partial charge >= 0.3 is 0 Å². The summed E-state index contributed by atoms with van der Waals surface area (Å²) in [5.74, 6) is 0. The maximum atomic E-state index is 12.6. The van der Waals surface area contributed by atoms with E-state index in [1.165, 1.54) is 29.7 Å². The van der Waals surface area contributed by atoms with Crippen molar-refractivity contribution >= 4 is 0 Å². The molecule has 0 radical (unpaired) electrons. The predicted octanol–water partition coefficient (Wildman–Crippen LogP) is 2.62. The summed E-state index contributed by atoms with van der Waals surface area (Å²) in [7, 11) is 1.87. The summed E-state index contributed by atoms with van der Waals surface area (Å²) >= 11 is 0. The van der Waals surface area contributed by atoms with Gasteiger partial charge in [0.15, 0.2) is 0 Å². The summed E-state index contributed by atoms with van der Waals surface area (Å²) in [5, 5.41) is 0. The third kappa shape index (κ3) is 2.54. The third-order valence-corrected chi connectivity index (χ3v) is 4.54. The van der Waals surface area contributed by atoms with Crippen LogP contribution < -0.4 is 11.3 Å². The Kier molecular flexibility index (Phi) is 3.68. The lowest BCUT2D eigenvalue weighted by atomic mass is 9.91. The minimum Gasteiger partial charge on any atom is -0.320 e. The average Bonchev–Trinajstić information content (AvgIpc) is 2.51. The normalized spacial score (nSPS) is 15.6. The molecule has 1 aromatic carbocycles. The van der Waals surface area contributed by atoms with E-state index >= 15 is 0 Å². The fourth-order valence-electron chi connectivity index (χ4n) is 3.19. The molecule has 1 aliphatic carbocycles. The van der Waals surface area contributed by atoms with Crippen LogP contribution in [0.1, 0.15) is 46.8 Å². The summed E-state index contributed by atoms with van der Waals surface area (Å²) in [6.45, 7) is 2.05. The third-order valence-electron chi connectivity index (χ3n) is 4.54. The van der Waals surface area contributed by atoms with Crippen LogP contribution in [0, 0.1) is 6.92 Å². The molecular formula is C18H22N2O. The van der Waals surface area contributed by atoms with Crippen LogP contribution in [0.15, 0.2) is 35.1 Å². The van der Waals surface area contributed by atoms with E-state index in [2.05, 4.69) is 0 Å². The first kappa shape index (κ1) is 14.1. The number of nitrogens with two attached hydrogens (primary N) is 1. The number of hydrogen-bond donors (Lipinski definition) is 1. The number of nitrogens with zero attached hydrogens (tertiary/aromatic N) is 1. The predicted molar refractivity (Wildman–Crippen MR) is 85.5 cm³/mol. The van der Waals surface area contributed by atoms with Gasteiger partial charge in [0.1, 0.15) is 0 Å². The number of fused-ring (bicyclic) bond motifs is 1. The van der Waals surface area contributed by atoms with E-state index in [1.807, 2.05) is 44.3 Å². The first-order valence-corrected chi connectivity index (χ1v) is 7.62. The smallest absolute Gasteiger partial charge is 0.255 e. The monoisotopic (exact) mass is 282 g/mol. The second-order valence-corrected chi connectivity index (χ2v) is 6.03. The minimum atomic E-state index is -0.350. The van der Waals surface area contributed by atoms with E-state index in [9.17, 15) is 4.79 Å². The summed E-state index contributed by atoms with van der Waals surface area (Å²) < 4.78 is 1.80. The molecule has 1 unspecified atom stereocenters. The molecule has 2 aromatic rings. The second-order valence-electron chi connectivity index (χ2n) is 6.03. The van der Waals surface area contributed by atoms with E-state index in [4.69, 9.17) is 5.73 Å². The molecule has 0 amide bonds. The van der Waals surface area contributed by atoms with Crippen LogP contribution >= 0.6 is 0 Å². The number of aryl methyl sites for hydroxylation is 2. The molecule has 3 rings (SSSR count). The highest BCUT2D eigenvalue weighted by Gasteiger charge is 2.20. The Bertz CT molecular complexity index is 713. The lowest BCUT2D eigenvalue weighted by molar-refractivity contribution is 0.615. The van der Waals surface area contributed by atoms with Crippen molar-refractivity contribution in [3.05, 3.63) is 68.6 Å². The van der Waals surface area contributed by atoms with Crippen LogP contribution in [0.3, 0.4) is 0 Å². The first-order valence-electron chi connectivity index (χ1n) is 7.62. The summed E-state index contributed by atoms with van der Waals surface area (Å²) in [5.41, 5.74) is 11.8. The molecule has 0 saturated heterocycles. The van der Waals surface area contributed by atoms with Crippen molar-refractivity contribution in [2.45, 2.75) is 38.6 Å². The van der Waals surface area contributed by atoms with Crippen molar-refractivity contribution in [3.63, 3.8) is 0 Å². The molecule has 1 heterocycles. The van der Waals surface area contributed by atoms with Gasteiger partial charge in [0, 0.05) is 18.3 Å². The Morgan fingerprint density at radius 2 is 1.81 bits per heavy atom. The standard InChI is InChI=1S/C18H22N2O/c1-12-7-9-13(10-8-12)17(19)15-11-14-5-3-4-6-16(14)20(2)18(15)21/h7-11,17H,3-6,19H2,1-2H3. The minimum absolute atomic E-state index is 0.0451. The second kappa shape index (κ2) is 5.49. The zero-order valence-corrected chi connectivity index (χ0v) is 12.7. The molecule has 3 nitrogen and oxygen atoms in total. The quantitative estimate of drug-likeness (QED) is 0.920. The number of rotatable bonds is 2. The van der Waals surface area contributed by atoms with Gasteiger partial charge in [0.25, 0.3) is 5.56 Å². The van der Waals surface area contributed by atoms with Crippen molar-refractivity contribution in [3.8, 4) is 0 Å². The number of benzene rings is 1. The van der Waals surface area contributed by atoms with Gasteiger partial charge in [-0.05, 0) is 49.8 Å². The SMILES string of the molecule is Cc1ccc(C(N)c2cc3c(n(C)c2=O)CCCC3)cc1. The fourth-order valence-corrected chi connectivity index (χ4v) is 3.19. The molecule has 110 valence electrons. The van der Waals surface area contributed by atoms with Gasteiger partial charge in [0.2, 0.25) is 0 Å². The highest BCUT2D eigenvalue weighted by atomic mass is 16.1. The van der Waals surface area contributed by atoms with Gasteiger partial charge in [-0.2, -0.15) is 0 Å². The van der Waals surface area contributed by atoms with Gasteiger partial charge in [-0.25, -0.2) is 0 Å². The average molecular weight is 282 g/mol. The lowest BCUT2D eigenvalue weighted by Gasteiger charge is -2.22. The molecule has 2 N–H and O–H groups in total. The van der Waals surface area contributed by atoms with Crippen LogP contribution in [-0.2, 0) is 19.9 Å². The molecule has 0 spiro atoms. The van der Waals surface area contributed by atoms with E-state index in [-0.39, 0.29) is 11.6 Å². The largest absolute Gasteiger partial charge is 0.320 e. The number of hydrogen-bond acceptors (Lipinski definition) is 2. The van der Waals surface area contributed by atoms with Gasteiger partial charge in [-0.15, -0.1) is 0 Å². The molecule has 0 saturated carbocycles.